The van der Waals surface area contributed by atoms with Gasteiger partial charge in [0.1, 0.15) is 18.1 Å². The first-order valence-corrected chi connectivity index (χ1v) is 10.8. The van der Waals surface area contributed by atoms with Crippen molar-refractivity contribution in [2.75, 3.05) is 32.7 Å². The highest BCUT2D eigenvalue weighted by atomic mass is 16.5. The van der Waals surface area contributed by atoms with Crippen molar-refractivity contribution in [1.82, 2.24) is 5.43 Å². The number of carbonyl (C=O) groups excluding carboxylic acids is 2. The molecule has 184 valence electrons. The number of hydrogen-bond donors (Lipinski definition) is 2. The fourth-order valence-corrected chi connectivity index (χ4v) is 2.92. The fourth-order valence-electron chi connectivity index (χ4n) is 2.92. The van der Waals surface area contributed by atoms with Crippen molar-refractivity contribution in [3.63, 3.8) is 0 Å². The van der Waals surface area contributed by atoms with Gasteiger partial charge in [-0.15, -0.1) is 0 Å². The highest BCUT2D eigenvalue weighted by Crippen LogP contribution is 2.29. The first-order chi connectivity index (χ1) is 17.0. The summed E-state index contributed by atoms with van der Waals surface area (Å²) in [4.78, 5) is 23.5. The van der Waals surface area contributed by atoms with Gasteiger partial charge in [-0.2, -0.15) is 5.10 Å². The van der Waals surface area contributed by atoms with Crippen molar-refractivity contribution in [1.29, 1.82) is 0 Å². The molecular weight excluding hydrogens is 454 g/mol. The number of hydrazone groups is 1. The summed E-state index contributed by atoms with van der Waals surface area (Å²) in [5.74, 6) is 1.44. The molecule has 2 N–H and O–H groups in total. The number of methoxy groups -OCH3 is 2. The van der Waals surface area contributed by atoms with Crippen LogP contribution >= 0.6 is 0 Å². The zero-order valence-corrected chi connectivity index (χ0v) is 19.7. The number of carbonyl (C=O) groups is 2. The topological polar surface area (TPSA) is 121 Å². The molecule has 1 heterocycles. The minimum Gasteiger partial charge on any atom is -0.497 e. The lowest BCUT2D eigenvalue weighted by molar-refractivity contribution is -0.119. The molecule has 0 radical (unpaired) electrons. The van der Waals surface area contributed by atoms with Crippen LogP contribution in [0.1, 0.15) is 28.8 Å². The van der Waals surface area contributed by atoms with Gasteiger partial charge in [-0.25, -0.2) is 10.2 Å². The van der Waals surface area contributed by atoms with E-state index in [9.17, 15) is 9.59 Å². The summed E-state index contributed by atoms with van der Waals surface area (Å²) < 4.78 is 26.6. The Bertz CT molecular complexity index is 1160. The number of nitrogens with zero attached hydrogens (tertiary/aromatic N) is 1. The molecule has 0 aliphatic heterocycles. The lowest BCUT2D eigenvalue weighted by Crippen LogP contribution is -2.25. The molecule has 3 rings (SSSR count). The minimum absolute atomic E-state index is 0.0606. The number of nitrogens with one attached hydrogen (secondary N) is 2. The molecule has 10 nitrogen and oxygen atoms in total. The summed E-state index contributed by atoms with van der Waals surface area (Å²) in [6.07, 6.45) is 1.51. The Morgan fingerprint density at radius 1 is 1.00 bits per heavy atom. The second kappa shape index (κ2) is 12.7. The SMILES string of the molecule is CCOc1cc(C=NNC(=O)CNc2ccc(OC)cc2)ccc1OCc1ccc(C(=O)OC)o1. The molecule has 1 aromatic heterocycles. The number of hydrogen-bond acceptors (Lipinski definition) is 9. The summed E-state index contributed by atoms with van der Waals surface area (Å²) in [5, 5.41) is 7.00. The van der Waals surface area contributed by atoms with E-state index in [-0.39, 0.29) is 24.8 Å². The first kappa shape index (κ1) is 25.2. The summed E-state index contributed by atoms with van der Waals surface area (Å²) in [5.41, 5.74) is 3.97. The van der Waals surface area contributed by atoms with Gasteiger partial charge in [0, 0.05) is 5.69 Å². The predicted octanol–water partition coefficient (Wildman–Crippen LogP) is 3.61. The Kier molecular flexibility index (Phi) is 9.12. The molecule has 35 heavy (non-hydrogen) atoms. The van der Waals surface area contributed by atoms with E-state index in [1.807, 2.05) is 19.1 Å². The Morgan fingerprint density at radius 2 is 1.80 bits per heavy atom. The number of ether oxygens (including phenoxy) is 4. The Hall–Kier alpha value is -4.47. The van der Waals surface area contributed by atoms with E-state index >= 15 is 0 Å². The molecule has 0 saturated heterocycles. The van der Waals surface area contributed by atoms with E-state index < -0.39 is 5.97 Å². The van der Waals surface area contributed by atoms with Gasteiger partial charge >= 0.3 is 5.97 Å². The average molecular weight is 482 g/mol. The molecule has 0 bridgehead atoms. The molecule has 0 fully saturated rings. The number of amides is 1. The van der Waals surface area contributed by atoms with Crippen LogP contribution in [-0.4, -0.2) is 45.5 Å². The molecular formula is C25H27N3O7. The molecule has 0 unspecified atom stereocenters. The Labute approximate surface area is 202 Å². The maximum Gasteiger partial charge on any atom is 0.373 e. The maximum absolute atomic E-state index is 12.0. The Morgan fingerprint density at radius 3 is 2.51 bits per heavy atom. The summed E-state index contributed by atoms with van der Waals surface area (Å²) in [6.45, 7) is 2.45. The zero-order valence-electron chi connectivity index (χ0n) is 19.7. The number of benzene rings is 2. The van der Waals surface area contributed by atoms with Crippen LogP contribution in [0.5, 0.6) is 17.2 Å². The lowest BCUT2D eigenvalue weighted by Gasteiger charge is -2.11. The van der Waals surface area contributed by atoms with Crippen molar-refractivity contribution >= 4 is 23.8 Å². The second-order valence-electron chi connectivity index (χ2n) is 7.06. The third kappa shape index (κ3) is 7.53. The van der Waals surface area contributed by atoms with E-state index in [4.69, 9.17) is 18.6 Å². The van der Waals surface area contributed by atoms with Crippen molar-refractivity contribution in [3.8, 4) is 17.2 Å². The normalized spacial score (nSPS) is 10.6. The predicted molar refractivity (Wildman–Crippen MR) is 129 cm³/mol. The summed E-state index contributed by atoms with van der Waals surface area (Å²) >= 11 is 0. The molecule has 0 atom stereocenters. The van der Waals surface area contributed by atoms with Gasteiger partial charge in [0.05, 0.1) is 33.6 Å². The van der Waals surface area contributed by atoms with E-state index in [0.717, 1.165) is 11.4 Å². The monoisotopic (exact) mass is 481 g/mol. The third-order valence-electron chi connectivity index (χ3n) is 4.63. The lowest BCUT2D eigenvalue weighted by atomic mass is 10.2. The average Bonchev–Trinajstić information content (AvgIpc) is 3.36. The van der Waals surface area contributed by atoms with Gasteiger partial charge in [0.2, 0.25) is 5.76 Å². The third-order valence-corrected chi connectivity index (χ3v) is 4.63. The van der Waals surface area contributed by atoms with Crippen molar-refractivity contribution in [2.45, 2.75) is 13.5 Å². The van der Waals surface area contributed by atoms with E-state index in [2.05, 4.69) is 20.6 Å². The van der Waals surface area contributed by atoms with Gasteiger partial charge in [-0.05, 0) is 67.1 Å². The van der Waals surface area contributed by atoms with E-state index in [1.165, 1.54) is 19.4 Å². The van der Waals surface area contributed by atoms with Crippen LogP contribution in [0.4, 0.5) is 5.69 Å². The van der Waals surface area contributed by atoms with Gasteiger partial charge in [-0.1, -0.05) is 0 Å². The minimum atomic E-state index is -0.557. The maximum atomic E-state index is 12.0. The number of anilines is 1. The summed E-state index contributed by atoms with van der Waals surface area (Å²) in [6, 6.07) is 15.6. The molecule has 10 heteroatoms. The molecule has 1 amide bonds. The van der Waals surface area contributed by atoms with Gasteiger partial charge < -0.3 is 28.7 Å². The van der Waals surface area contributed by atoms with Gasteiger partial charge in [0.25, 0.3) is 5.91 Å². The standard InChI is InChI=1S/C25H27N3O7/c1-4-33-23-13-17(5-11-21(23)34-16-20-10-12-22(35-20)25(30)32-3)14-27-28-24(29)15-26-18-6-8-19(31-2)9-7-18/h5-14,26H,4,15-16H2,1-3H3,(H,28,29). The molecule has 0 aliphatic carbocycles. The van der Waals surface area contributed by atoms with Crippen LogP contribution in [0.25, 0.3) is 0 Å². The van der Waals surface area contributed by atoms with E-state index in [1.54, 1.807) is 43.5 Å². The quantitative estimate of drug-likeness (QED) is 0.229. The molecule has 0 spiro atoms. The van der Waals surface area contributed by atoms with E-state index in [0.29, 0.717) is 29.4 Å². The van der Waals surface area contributed by atoms with Crippen LogP contribution in [-0.2, 0) is 16.1 Å². The smallest absolute Gasteiger partial charge is 0.373 e. The zero-order chi connectivity index (χ0) is 25.0. The largest absolute Gasteiger partial charge is 0.497 e. The van der Waals surface area contributed by atoms with Crippen molar-refractivity contribution in [3.05, 3.63) is 71.7 Å². The number of esters is 1. The van der Waals surface area contributed by atoms with Crippen LogP contribution < -0.4 is 25.0 Å². The first-order valence-electron chi connectivity index (χ1n) is 10.8. The number of rotatable bonds is 12. The van der Waals surface area contributed by atoms with Crippen molar-refractivity contribution < 1.29 is 33.0 Å². The van der Waals surface area contributed by atoms with Crippen LogP contribution in [0.15, 0.2) is 64.1 Å². The molecule has 2 aromatic carbocycles. The highest BCUT2D eigenvalue weighted by molar-refractivity contribution is 5.86. The molecule has 0 aliphatic rings. The van der Waals surface area contributed by atoms with Crippen molar-refractivity contribution in [2.24, 2.45) is 5.10 Å². The second-order valence-corrected chi connectivity index (χ2v) is 7.06. The summed E-state index contributed by atoms with van der Waals surface area (Å²) in [7, 11) is 2.88. The Balaban J connectivity index is 1.53. The number of furan rings is 1. The molecule has 0 saturated carbocycles. The van der Waals surface area contributed by atoms with Gasteiger partial charge in [0.15, 0.2) is 11.5 Å². The fraction of sp³-hybridized carbons (Fsp3) is 0.240. The van der Waals surface area contributed by atoms with Crippen LogP contribution in [0, 0.1) is 0 Å². The van der Waals surface area contributed by atoms with Crippen LogP contribution in [0.3, 0.4) is 0 Å². The molecule has 3 aromatic rings. The highest BCUT2D eigenvalue weighted by Gasteiger charge is 2.13. The van der Waals surface area contributed by atoms with Crippen LogP contribution in [0.2, 0.25) is 0 Å². The van der Waals surface area contributed by atoms with Gasteiger partial charge in [-0.3, -0.25) is 4.79 Å².